The molecule has 3 rings (SSSR count). The lowest BCUT2D eigenvalue weighted by atomic mass is 10.2. The summed E-state index contributed by atoms with van der Waals surface area (Å²) >= 11 is 6.32. The van der Waals surface area contributed by atoms with Gasteiger partial charge in [-0.1, -0.05) is 42.2 Å². The van der Waals surface area contributed by atoms with Gasteiger partial charge in [-0.3, -0.25) is 14.5 Å². The number of carbonyl (C=O) groups is 2. The van der Waals surface area contributed by atoms with Crippen LogP contribution in [0.3, 0.4) is 0 Å². The lowest BCUT2D eigenvalue weighted by Crippen LogP contribution is -2.36. The molecule has 1 aromatic rings. The summed E-state index contributed by atoms with van der Waals surface area (Å²) in [5, 5.41) is 3.73. The maximum Gasteiger partial charge on any atom is 0.266 e. The van der Waals surface area contributed by atoms with Crippen molar-refractivity contribution in [1.82, 2.24) is 10.2 Å². The number of nitrogens with zero attached hydrogens (tertiary/aromatic N) is 1. The number of sulfone groups is 1. The van der Waals surface area contributed by atoms with Crippen LogP contribution in [0.25, 0.3) is 6.08 Å². The molecule has 6 nitrogen and oxygen atoms in total. The Bertz CT molecular complexity index is 988. The Balaban J connectivity index is 1.52. The molecule has 2 aliphatic rings. The van der Waals surface area contributed by atoms with Gasteiger partial charge in [-0.2, -0.15) is 0 Å². The molecule has 2 amide bonds. The maximum atomic E-state index is 13.8. The maximum absolute atomic E-state index is 13.8. The monoisotopic (exact) mass is 440 g/mol. The van der Waals surface area contributed by atoms with Crippen molar-refractivity contribution in [3.63, 3.8) is 0 Å². The SMILES string of the molecule is O=C(CCCN1C(=O)/C(=C\c2ccccc2F)SC1=S)NC1C=CS(=O)(=O)C1. The lowest BCUT2D eigenvalue weighted by molar-refractivity contribution is -0.124. The van der Waals surface area contributed by atoms with E-state index in [1.165, 1.54) is 23.1 Å². The standard InChI is InChI=1S/C18H17FN2O4S3/c19-14-5-2-1-4-12(14)10-15-17(23)21(18(26)27-15)8-3-6-16(22)20-13-7-9-28(24,25)11-13/h1-2,4-5,7,9-10,13H,3,6,8,11H2,(H,20,22)/b15-10+. The Morgan fingerprint density at radius 2 is 2.14 bits per heavy atom. The smallest absolute Gasteiger partial charge is 0.266 e. The summed E-state index contributed by atoms with van der Waals surface area (Å²) in [6, 6.07) is 5.62. The number of rotatable bonds is 6. The summed E-state index contributed by atoms with van der Waals surface area (Å²) in [5.41, 5.74) is 0.307. The van der Waals surface area contributed by atoms with Crippen LogP contribution in [0.2, 0.25) is 0 Å². The first kappa shape index (κ1) is 20.7. The minimum absolute atomic E-state index is 0.131. The van der Waals surface area contributed by atoms with E-state index in [1.807, 2.05) is 0 Å². The highest BCUT2D eigenvalue weighted by molar-refractivity contribution is 8.26. The molecule has 0 saturated carbocycles. The number of thioether (sulfide) groups is 1. The molecule has 10 heteroatoms. The zero-order chi connectivity index (χ0) is 20.3. The van der Waals surface area contributed by atoms with E-state index in [1.54, 1.807) is 18.2 Å². The van der Waals surface area contributed by atoms with Crippen LogP contribution < -0.4 is 5.32 Å². The predicted molar refractivity (Wildman–Crippen MR) is 110 cm³/mol. The predicted octanol–water partition coefficient (Wildman–Crippen LogP) is 2.23. The topological polar surface area (TPSA) is 83.6 Å². The third-order valence-electron chi connectivity index (χ3n) is 4.13. The largest absolute Gasteiger partial charge is 0.349 e. The number of benzene rings is 1. The summed E-state index contributed by atoms with van der Waals surface area (Å²) in [6.07, 6.45) is 3.42. The van der Waals surface area contributed by atoms with E-state index < -0.39 is 21.7 Å². The van der Waals surface area contributed by atoms with Crippen molar-refractivity contribution in [2.75, 3.05) is 12.3 Å². The average Bonchev–Trinajstić information content (AvgIpc) is 3.09. The highest BCUT2D eigenvalue weighted by Crippen LogP contribution is 2.33. The van der Waals surface area contributed by atoms with Gasteiger partial charge in [0.05, 0.1) is 16.7 Å². The van der Waals surface area contributed by atoms with E-state index in [-0.39, 0.29) is 30.5 Å². The summed E-state index contributed by atoms with van der Waals surface area (Å²) in [6.45, 7) is 0.255. The molecule has 0 bridgehead atoms. The molecule has 2 aliphatic heterocycles. The first-order chi connectivity index (χ1) is 13.2. The Kier molecular flexibility index (Phi) is 6.31. The molecule has 1 N–H and O–H groups in total. The molecule has 1 fully saturated rings. The van der Waals surface area contributed by atoms with Gasteiger partial charge in [-0.25, -0.2) is 12.8 Å². The van der Waals surface area contributed by atoms with Gasteiger partial charge in [0.25, 0.3) is 5.91 Å². The molecule has 0 spiro atoms. The average molecular weight is 441 g/mol. The molecule has 1 aromatic carbocycles. The van der Waals surface area contributed by atoms with Crippen LogP contribution in [-0.2, 0) is 19.4 Å². The van der Waals surface area contributed by atoms with Crippen molar-refractivity contribution in [2.24, 2.45) is 0 Å². The Morgan fingerprint density at radius 3 is 2.82 bits per heavy atom. The quantitative estimate of drug-likeness (QED) is 0.540. The molecule has 28 heavy (non-hydrogen) atoms. The summed E-state index contributed by atoms with van der Waals surface area (Å²) in [5.74, 6) is -1.16. The third-order valence-corrected chi connectivity index (χ3v) is 6.90. The highest BCUT2D eigenvalue weighted by atomic mass is 32.2. The second-order valence-corrected chi connectivity index (χ2v) is 9.90. The fourth-order valence-corrected chi connectivity index (χ4v) is 5.30. The molecule has 1 atom stereocenters. The van der Waals surface area contributed by atoms with Crippen LogP contribution in [0.4, 0.5) is 4.39 Å². The van der Waals surface area contributed by atoms with Crippen molar-refractivity contribution in [2.45, 2.75) is 18.9 Å². The fourth-order valence-electron chi connectivity index (χ4n) is 2.77. The van der Waals surface area contributed by atoms with Crippen LogP contribution in [0.5, 0.6) is 0 Å². The van der Waals surface area contributed by atoms with Gasteiger partial charge >= 0.3 is 0 Å². The number of halogens is 1. The number of carbonyl (C=O) groups excluding carboxylic acids is 2. The van der Waals surface area contributed by atoms with Crippen LogP contribution in [0.1, 0.15) is 18.4 Å². The van der Waals surface area contributed by atoms with Crippen LogP contribution in [0, 0.1) is 5.82 Å². The zero-order valence-corrected chi connectivity index (χ0v) is 17.1. The number of amides is 2. The molecular weight excluding hydrogens is 423 g/mol. The molecule has 0 aromatic heterocycles. The van der Waals surface area contributed by atoms with Gasteiger partial charge < -0.3 is 5.32 Å². The minimum atomic E-state index is -3.23. The van der Waals surface area contributed by atoms with Gasteiger partial charge in [0.1, 0.15) is 10.1 Å². The number of hydrogen-bond acceptors (Lipinski definition) is 6. The zero-order valence-electron chi connectivity index (χ0n) is 14.6. The number of nitrogens with one attached hydrogen (secondary N) is 1. The van der Waals surface area contributed by atoms with Gasteiger partial charge in [0.15, 0.2) is 9.84 Å². The second kappa shape index (κ2) is 8.54. The van der Waals surface area contributed by atoms with Crippen molar-refractivity contribution in [3.8, 4) is 0 Å². The van der Waals surface area contributed by atoms with Crippen molar-refractivity contribution >= 4 is 56.0 Å². The highest BCUT2D eigenvalue weighted by Gasteiger charge is 2.32. The van der Waals surface area contributed by atoms with E-state index in [4.69, 9.17) is 12.2 Å². The Morgan fingerprint density at radius 1 is 1.39 bits per heavy atom. The summed E-state index contributed by atoms with van der Waals surface area (Å²) in [7, 11) is -3.23. The van der Waals surface area contributed by atoms with E-state index in [0.717, 1.165) is 17.2 Å². The fraction of sp³-hybridized carbons (Fsp3) is 0.278. The normalized spacial score (nSPS) is 22.2. The van der Waals surface area contributed by atoms with Gasteiger partial charge in [0.2, 0.25) is 5.91 Å². The number of thiocarbonyl (C=S) groups is 1. The second-order valence-electron chi connectivity index (χ2n) is 6.29. The van der Waals surface area contributed by atoms with Crippen LogP contribution in [0.15, 0.2) is 40.7 Å². The Hall–Kier alpha value is -2.04. The summed E-state index contributed by atoms with van der Waals surface area (Å²) in [4.78, 5) is 26.2. The molecular formula is C18H17FN2O4S3. The number of hydrogen-bond donors (Lipinski definition) is 1. The Labute approximate surface area is 171 Å². The van der Waals surface area contributed by atoms with E-state index >= 15 is 0 Å². The molecule has 0 aliphatic carbocycles. The van der Waals surface area contributed by atoms with Crippen molar-refractivity contribution < 1.29 is 22.4 Å². The van der Waals surface area contributed by atoms with Crippen LogP contribution >= 0.6 is 24.0 Å². The molecule has 148 valence electrons. The minimum Gasteiger partial charge on any atom is -0.349 e. The van der Waals surface area contributed by atoms with Gasteiger partial charge in [-0.15, -0.1) is 0 Å². The third kappa shape index (κ3) is 5.06. The van der Waals surface area contributed by atoms with E-state index in [2.05, 4.69) is 5.32 Å². The first-order valence-electron chi connectivity index (χ1n) is 8.45. The van der Waals surface area contributed by atoms with Gasteiger partial charge in [0, 0.05) is 23.9 Å². The van der Waals surface area contributed by atoms with Crippen molar-refractivity contribution in [3.05, 3.63) is 52.0 Å². The molecule has 0 radical (unpaired) electrons. The summed E-state index contributed by atoms with van der Waals surface area (Å²) < 4.78 is 36.8. The van der Waals surface area contributed by atoms with E-state index in [9.17, 15) is 22.4 Å². The van der Waals surface area contributed by atoms with E-state index in [0.29, 0.717) is 21.2 Å². The van der Waals surface area contributed by atoms with Gasteiger partial charge in [-0.05, 0) is 24.6 Å². The molecule has 2 heterocycles. The molecule has 1 saturated heterocycles. The first-order valence-corrected chi connectivity index (χ1v) is 11.4. The lowest BCUT2D eigenvalue weighted by Gasteiger charge is -2.15. The van der Waals surface area contributed by atoms with Crippen LogP contribution in [-0.4, -0.2) is 47.8 Å². The molecule has 1 unspecified atom stereocenters. The van der Waals surface area contributed by atoms with Crippen molar-refractivity contribution in [1.29, 1.82) is 0 Å².